The van der Waals surface area contributed by atoms with Crippen LogP contribution in [-0.2, 0) is 4.79 Å². The van der Waals surface area contributed by atoms with Crippen molar-refractivity contribution in [1.82, 2.24) is 4.98 Å². The Morgan fingerprint density at radius 3 is 2.45 bits per heavy atom. The number of hydrogen-bond donors (Lipinski definition) is 1. The van der Waals surface area contributed by atoms with Crippen molar-refractivity contribution in [2.45, 2.75) is 6.92 Å². The molecule has 0 unspecified atom stereocenters. The monoisotopic (exact) mass is 423 g/mol. The predicted molar refractivity (Wildman–Crippen MR) is 84.7 cm³/mol. The van der Waals surface area contributed by atoms with Crippen LogP contribution in [0, 0.1) is 3.57 Å². The summed E-state index contributed by atoms with van der Waals surface area (Å²) in [5, 5.41) is 0.491. The molecule has 7 heteroatoms. The second-order valence-corrected chi connectivity index (χ2v) is 5.70. The maximum atomic E-state index is 12.5. The van der Waals surface area contributed by atoms with E-state index in [9.17, 15) is 9.59 Å². The Kier molecular flexibility index (Phi) is 4.72. The first-order valence-electron chi connectivity index (χ1n) is 5.46. The van der Waals surface area contributed by atoms with Gasteiger partial charge in [0.1, 0.15) is 16.6 Å². The van der Waals surface area contributed by atoms with Crippen LogP contribution in [0.15, 0.2) is 24.3 Å². The van der Waals surface area contributed by atoms with Gasteiger partial charge in [0.15, 0.2) is 0 Å². The lowest BCUT2D eigenvalue weighted by atomic mass is 10.1. The van der Waals surface area contributed by atoms with E-state index >= 15 is 0 Å². The number of halogens is 3. The summed E-state index contributed by atoms with van der Waals surface area (Å²) < 4.78 is 5.55. The van der Waals surface area contributed by atoms with E-state index in [-0.39, 0.29) is 27.9 Å². The molecule has 1 aromatic heterocycles. The Morgan fingerprint density at radius 1 is 1.25 bits per heavy atom. The fourth-order valence-electron chi connectivity index (χ4n) is 1.61. The minimum Gasteiger partial charge on any atom is -0.426 e. The Labute approximate surface area is 138 Å². The maximum absolute atomic E-state index is 12.5. The van der Waals surface area contributed by atoms with Crippen molar-refractivity contribution in [3.05, 3.63) is 49.3 Å². The lowest BCUT2D eigenvalue weighted by molar-refractivity contribution is -0.131. The number of hydrogen-bond acceptors (Lipinski definition) is 3. The molecule has 2 rings (SSSR count). The van der Waals surface area contributed by atoms with Gasteiger partial charge in [-0.05, 0) is 34.7 Å². The van der Waals surface area contributed by atoms with E-state index in [2.05, 4.69) is 4.98 Å². The first-order valence-corrected chi connectivity index (χ1v) is 7.30. The van der Waals surface area contributed by atoms with Gasteiger partial charge >= 0.3 is 5.97 Å². The number of benzene rings is 1. The highest BCUT2D eigenvalue weighted by atomic mass is 127. The molecule has 0 radical (unpaired) electrons. The molecule has 0 amide bonds. The van der Waals surface area contributed by atoms with E-state index in [1.165, 1.54) is 6.92 Å². The van der Waals surface area contributed by atoms with Crippen LogP contribution in [0.3, 0.4) is 0 Å². The largest absolute Gasteiger partial charge is 0.426 e. The van der Waals surface area contributed by atoms with Crippen molar-refractivity contribution in [1.29, 1.82) is 0 Å². The number of carbonyl (C=O) groups excluding carboxylic acids is 2. The molecule has 0 fully saturated rings. The third-order valence-corrected chi connectivity index (χ3v) is 4.61. The average Bonchev–Trinajstić information content (AvgIpc) is 2.66. The Bertz CT molecular complexity index is 697. The van der Waals surface area contributed by atoms with Gasteiger partial charge in [0.25, 0.3) is 0 Å². The predicted octanol–water partition coefficient (Wildman–Crippen LogP) is 4.08. The summed E-state index contributed by atoms with van der Waals surface area (Å²) in [4.78, 5) is 26.3. The molecule has 0 saturated carbocycles. The van der Waals surface area contributed by atoms with Crippen molar-refractivity contribution in [2.24, 2.45) is 0 Å². The number of ether oxygens (including phenoxy) is 1. The smallest absolute Gasteiger partial charge is 0.308 e. The van der Waals surface area contributed by atoms with Crippen LogP contribution < -0.4 is 4.74 Å². The van der Waals surface area contributed by atoms with Crippen LogP contribution in [0.1, 0.15) is 23.0 Å². The number of rotatable bonds is 3. The van der Waals surface area contributed by atoms with E-state index in [4.69, 9.17) is 27.9 Å². The highest BCUT2D eigenvalue weighted by molar-refractivity contribution is 14.1. The molecule has 0 aliphatic carbocycles. The third-order valence-electron chi connectivity index (χ3n) is 2.45. The molecule has 104 valence electrons. The zero-order valence-electron chi connectivity index (χ0n) is 10.2. The van der Waals surface area contributed by atoms with E-state index in [0.717, 1.165) is 0 Å². The average molecular weight is 424 g/mol. The number of aromatic nitrogens is 1. The van der Waals surface area contributed by atoms with Crippen LogP contribution in [0.4, 0.5) is 0 Å². The molecule has 0 bridgehead atoms. The van der Waals surface area contributed by atoms with Crippen LogP contribution in [0.2, 0.25) is 10.2 Å². The number of esters is 1. The third kappa shape index (κ3) is 2.99. The molecular formula is C13H8Cl2INO3. The lowest BCUT2D eigenvalue weighted by Crippen LogP contribution is -2.09. The van der Waals surface area contributed by atoms with E-state index in [1.807, 2.05) is 22.6 Å². The standard InChI is InChI=1S/C13H8Cl2INO3/c1-6(18)20-8-5-3-2-4-7(8)12(19)11-10(16)9(14)13(15)17-11/h2-5,17H,1H3. The minimum atomic E-state index is -0.498. The van der Waals surface area contributed by atoms with Crippen molar-refractivity contribution in [2.75, 3.05) is 0 Å². The van der Waals surface area contributed by atoms with Gasteiger partial charge in [0.05, 0.1) is 14.2 Å². The van der Waals surface area contributed by atoms with Crippen molar-refractivity contribution in [3.63, 3.8) is 0 Å². The van der Waals surface area contributed by atoms with Crippen LogP contribution in [0.5, 0.6) is 5.75 Å². The van der Waals surface area contributed by atoms with Crippen LogP contribution >= 0.6 is 45.8 Å². The summed E-state index contributed by atoms with van der Waals surface area (Å²) in [6.07, 6.45) is 0. The Balaban J connectivity index is 2.48. The molecule has 0 spiro atoms. The first-order chi connectivity index (χ1) is 9.41. The summed E-state index contributed by atoms with van der Waals surface area (Å²) in [5.74, 6) is -0.648. The maximum Gasteiger partial charge on any atom is 0.308 e. The fraction of sp³-hybridized carbons (Fsp3) is 0.0769. The Morgan fingerprint density at radius 2 is 1.90 bits per heavy atom. The van der Waals surface area contributed by atoms with Gasteiger partial charge in [0, 0.05) is 6.92 Å². The molecule has 20 heavy (non-hydrogen) atoms. The number of ketones is 1. The van der Waals surface area contributed by atoms with Gasteiger partial charge in [-0.15, -0.1) is 0 Å². The number of carbonyl (C=O) groups is 2. The summed E-state index contributed by atoms with van der Waals surface area (Å²) in [6, 6.07) is 6.47. The topological polar surface area (TPSA) is 59.2 Å². The fourth-order valence-corrected chi connectivity index (χ4v) is 2.75. The zero-order valence-corrected chi connectivity index (χ0v) is 13.8. The summed E-state index contributed by atoms with van der Waals surface area (Å²) in [6.45, 7) is 1.27. The molecule has 0 aliphatic heterocycles. The number of nitrogens with one attached hydrogen (secondary N) is 1. The second kappa shape index (κ2) is 6.15. The molecule has 4 nitrogen and oxygen atoms in total. The first kappa shape index (κ1) is 15.3. The van der Waals surface area contributed by atoms with Gasteiger partial charge in [-0.3, -0.25) is 9.59 Å². The summed E-state index contributed by atoms with van der Waals surface area (Å²) in [7, 11) is 0. The molecule has 1 aromatic carbocycles. The lowest BCUT2D eigenvalue weighted by Gasteiger charge is -2.07. The normalized spacial score (nSPS) is 10.4. The van der Waals surface area contributed by atoms with E-state index < -0.39 is 5.97 Å². The van der Waals surface area contributed by atoms with E-state index in [0.29, 0.717) is 8.59 Å². The molecular weight excluding hydrogens is 416 g/mol. The number of para-hydroxylation sites is 1. The molecule has 1 heterocycles. The number of aromatic amines is 1. The molecule has 0 aliphatic rings. The SMILES string of the molecule is CC(=O)Oc1ccccc1C(=O)c1[nH]c(Cl)c(Cl)c1I. The quantitative estimate of drug-likeness (QED) is 0.350. The number of H-pyrrole nitrogens is 1. The second-order valence-electron chi connectivity index (χ2n) is 3.86. The molecule has 1 N–H and O–H groups in total. The van der Waals surface area contributed by atoms with Crippen LogP contribution in [-0.4, -0.2) is 16.7 Å². The van der Waals surface area contributed by atoms with Gasteiger partial charge in [-0.25, -0.2) is 0 Å². The van der Waals surface area contributed by atoms with Crippen molar-refractivity contribution in [3.8, 4) is 5.75 Å². The van der Waals surface area contributed by atoms with Gasteiger partial charge in [-0.1, -0.05) is 35.3 Å². The Hall–Kier alpha value is -1.05. The van der Waals surface area contributed by atoms with Crippen molar-refractivity contribution < 1.29 is 14.3 Å². The highest BCUT2D eigenvalue weighted by Gasteiger charge is 2.22. The molecule has 0 saturated heterocycles. The molecule has 0 atom stereocenters. The van der Waals surface area contributed by atoms with Crippen LogP contribution in [0.25, 0.3) is 0 Å². The minimum absolute atomic E-state index is 0.197. The zero-order chi connectivity index (χ0) is 14.9. The highest BCUT2D eigenvalue weighted by Crippen LogP contribution is 2.32. The van der Waals surface area contributed by atoms with Gasteiger partial charge in [-0.2, -0.15) is 0 Å². The molecule has 2 aromatic rings. The summed E-state index contributed by atoms with van der Waals surface area (Å²) in [5.41, 5.74) is 0.524. The van der Waals surface area contributed by atoms with E-state index in [1.54, 1.807) is 24.3 Å². The van der Waals surface area contributed by atoms with Crippen molar-refractivity contribution >= 4 is 57.5 Å². The summed E-state index contributed by atoms with van der Waals surface area (Å²) >= 11 is 13.7. The van der Waals surface area contributed by atoms with Gasteiger partial charge in [0.2, 0.25) is 5.78 Å². The van der Waals surface area contributed by atoms with Gasteiger partial charge < -0.3 is 9.72 Å².